The van der Waals surface area contributed by atoms with Gasteiger partial charge in [0.2, 0.25) is 5.88 Å². The molecule has 2 rings (SSSR count). The van der Waals surface area contributed by atoms with Crippen molar-refractivity contribution in [3.8, 4) is 5.88 Å². The molecule has 0 aliphatic heterocycles. The van der Waals surface area contributed by atoms with Gasteiger partial charge in [-0.15, -0.1) is 11.3 Å². The van der Waals surface area contributed by atoms with E-state index in [9.17, 15) is 5.11 Å². The van der Waals surface area contributed by atoms with Crippen molar-refractivity contribution in [3.05, 3.63) is 33.1 Å². The van der Waals surface area contributed by atoms with Crippen molar-refractivity contribution in [2.75, 3.05) is 7.11 Å². The second-order valence-electron chi connectivity index (χ2n) is 3.98. The number of aromatic nitrogens is 2. The summed E-state index contributed by atoms with van der Waals surface area (Å²) in [5.41, 5.74) is 1.54. The predicted octanol–water partition coefficient (Wildman–Crippen LogP) is 2.19. The molecule has 0 saturated heterocycles. The molecule has 92 valence electrons. The maximum atomic E-state index is 10.4. The molecule has 0 bridgehead atoms. The summed E-state index contributed by atoms with van der Waals surface area (Å²) in [4.78, 5) is 2.09. The Morgan fingerprint density at radius 3 is 2.65 bits per heavy atom. The van der Waals surface area contributed by atoms with Gasteiger partial charge in [0.1, 0.15) is 6.10 Å². The minimum absolute atomic E-state index is 0.612. The van der Waals surface area contributed by atoms with Gasteiger partial charge in [-0.25, -0.2) is 4.68 Å². The first-order valence-corrected chi connectivity index (χ1v) is 6.18. The second-order valence-corrected chi connectivity index (χ2v) is 5.30. The summed E-state index contributed by atoms with van der Waals surface area (Å²) < 4.78 is 6.94. The average Bonchev–Trinajstić information content (AvgIpc) is 2.81. The van der Waals surface area contributed by atoms with E-state index in [0.717, 1.165) is 16.1 Å². The van der Waals surface area contributed by atoms with Crippen LogP contribution in [0.15, 0.2) is 12.1 Å². The Morgan fingerprint density at radius 2 is 2.12 bits per heavy atom. The summed E-state index contributed by atoms with van der Waals surface area (Å²) in [6.45, 7) is 3.90. The highest BCUT2D eigenvalue weighted by Crippen LogP contribution is 2.35. The van der Waals surface area contributed by atoms with E-state index in [1.807, 2.05) is 33.0 Å². The summed E-state index contributed by atoms with van der Waals surface area (Å²) in [5.74, 6) is 0.612. The highest BCUT2D eigenvalue weighted by Gasteiger charge is 2.23. The van der Waals surface area contributed by atoms with Gasteiger partial charge in [0.05, 0.1) is 18.4 Å². The predicted molar refractivity (Wildman–Crippen MR) is 67.6 cm³/mol. The third-order valence-electron chi connectivity index (χ3n) is 2.71. The number of aryl methyl sites for hydroxylation is 3. The number of aliphatic hydroxyl groups is 1. The monoisotopic (exact) mass is 252 g/mol. The van der Waals surface area contributed by atoms with Gasteiger partial charge in [0.25, 0.3) is 0 Å². The minimum atomic E-state index is -0.669. The summed E-state index contributed by atoms with van der Waals surface area (Å²) in [5, 5.41) is 14.7. The summed E-state index contributed by atoms with van der Waals surface area (Å²) >= 11 is 1.59. The summed E-state index contributed by atoms with van der Waals surface area (Å²) in [6.07, 6.45) is -0.669. The molecular formula is C12H16N2O2S. The van der Waals surface area contributed by atoms with Crippen LogP contribution in [0.4, 0.5) is 0 Å². The average molecular weight is 252 g/mol. The molecule has 0 aromatic carbocycles. The van der Waals surface area contributed by atoms with Crippen molar-refractivity contribution in [1.82, 2.24) is 9.78 Å². The second kappa shape index (κ2) is 4.50. The molecular weight excluding hydrogens is 236 g/mol. The van der Waals surface area contributed by atoms with Crippen molar-refractivity contribution < 1.29 is 9.84 Å². The van der Waals surface area contributed by atoms with E-state index >= 15 is 0 Å². The first kappa shape index (κ1) is 12.1. The zero-order valence-corrected chi connectivity index (χ0v) is 11.2. The molecule has 2 aromatic heterocycles. The van der Waals surface area contributed by atoms with Crippen LogP contribution in [0, 0.1) is 13.8 Å². The number of rotatable bonds is 3. The number of nitrogens with zero attached hydrogens (tertiary/aromatic N) is 2. The maximum Gasteiger partial charge on any atom is 0.217 e. The molecule has 4 nitrogen and oxygen atoms in total. The lowest BCUT2D eigenvalue weighted by Crippen LogP contribution is -2.02. The maximum absolute atomic E-state index is 10.4. The minimum Gasteiger partial charge on any atom is -0.481 e. The molecule has 1 atom stereocenters. The molecule has 0 spiro atoms. The molecule has 0 aliphatic rings. The lowest BCUT2D eigenvalue weighted by Gasteiger charge is -2.10. The Labute approximate surface area is 104 Å². The lowest BCUT2D eigenvalue weighted by molar-refractivity contribution is 0.216. The molecule has 2 aromatic rings. The first-order chi connectivity index (χ1) is 8.04. The SMILES string of the molecule is COc1c(C(O)c2ccc(C)s2)c(C)nn1C. The molecule has 17 heavy (non-hydrogen) atoms. The van der Waals surface area contributed by atoms with Crippen molar-refractivity contribution in [3.63, 3.8) is 0 Å². The van der Waals surface area contributed by atoms with Crippen LogP contribution in [-0.4, -0.2) is 22.0 Å². The van der Waals surface area contributed by atoms with Gasteiger partial charge >= 0.3 is 0 Å². The molecule has 0 saturated carbocycles. The van der Waals surface area contributed by atoms with Gasteiger partial charge < -0.3 is 9.84 Å². The highest BCUT2D eigenvalue weighted by molar-refractivity contribution is 7.12. The largest absolute Gasteiger partial charge is 0.481 e. The Hall–Kier alpha value is -1.33. The number of methoxy groups -OCH3 is 1. The van der Waals surface area contributed by atoms with Gasteiger partial charge in [-0.2, -0.15) is 5.10 Å². The molecule has 0 aliphatic carbocycles. The fourth-order valence-electron chi connectivity index (χ4n) is 1.95. The third-order valence-corrected chi connectivity index (χ3v) is 3.76. The molecule has 0 fully saturated rings. The fraction of sp³-hybridized carbons (Fsp3) is 0.417. The normalized spacial score (nSPS) is 12.8. The molecule has 0 radical (unpaired) electrons. The smallest absolute Gasteiger partial charge is 0.217 e. The molecule has 1 N–H and O–H groups in total. The van der Waals surface area contributed by atoms with Crippen LogP contribution in [0.2, 0.25) is 0 Å². The fourth-order valence-corrected chi connectivity index (χ4v) is 2.83. The van der Waals surface area contributed by atoms with Crippen molar-refractivity contribution in [2.45, 2.75) is 20.0 Å². The Morgan fingerprint density at radius 1 is 1.41 bits per heavy atom. The van der Waals surface area contributed by atoms with Gasteiger partial charge in [0, 0.05) is 16.8 Å². The van der Waals surface area contributed by atoms with Gasteiger partial charge in [-0.3, -0.25) is 0 Å². The molecule has 1 unspecified atom stereocenters. The Bertz CT molecular complexity index is 531. The highest BCUT2D eigenvalue weighted by atomic mass is 32.1. The van der Waals surface area contributed by atoms with E-state index in [0.29, 0.717) is 5.88 Å². The molecule has 0 amide bonds. The van der Waals surface area contributed by atoms with E-state index in [-0.39, 0.29) is 0 Å². The molecule has 5 heteroatoms. The van der Waals surface area contributed by atoms with Crippen LogP contribution in [0.1, 0.15) is 27.1 Å². The standard InChI is InChI=1S/C12H16N2O2S/c1-7-5-6-9(17-7)11(15)10-8(2)13-14(3)12(10)16-4/h5-6,11,15H,1-4H3. The van der Waals surface area contributed by atoms with Crippen LogP contribution in [-0.2, 0) is 7.05 Å². The zero-order valence-electron chi connectivity index (χ0n) is 10.4. The van der Waals surface area contributed by atoms with Crippen molar-refractivity contribution in [1.29, 1.82) is 0 Å². The Balaban J connectivity index is 2.46. The van der Waals surface area contributed by atoms with E-state index in [4.69, 9.17) is 4.74 Å². The van der Waals surface area contributed by atoms with Crippen LogP contribution in [0.25, 0.3) is 0 Å². The first-order valence-electron chi connectivity index (χ1n) is 5.36. The third kappa shape index (κ3) is 2.08. The zero-order chi connectivity index (χ0) is 12.6. The van der Waals surface area contributed by atoms with Crippen LogP contribution in [0.5, 0.6) is 5.88 Å². The quantitative estimate of drug-likeness (QED) is 0.911. The van der Waals surface area contributed by atoms with E-state index in [1.54, 1.807) is 23.1 Å². The molecule has 2 heterocycles. The summed E-state index contributed by atoms with van der Waals surface area (Å²) in [7, 11) is 3.40. The lowest BCUT2D eigenvalue weighted by atomic mass is 10.1. The number of ether oxygens (including phenoxy) is 1. The van der Waals surface area contributed by atoms with Crippen molar-refractivity contribution in [2.24, 2.45) is 7.05 Å². The van der Waals surface area contributed by atoms with Gasteiger partial charge in [-0.05, 0) is 26.0 Å². The van der Waals surface area contributed by atoms with E-state index in [2.05, 4.69) is 5.10 Å². The van der Waals surface area contributed by atoms with Crippen LogP contribution < -0.4 is 4.74 Å². The number of thiophene rings is 1. The van der Waals surface area contributed by atoms with Crippen LogP contribution in [0.3, 0.4) is 0 Å². The van der Waals surface area contributed by atoms with Crippen LogP contribution >= 0.6 is 11.3 Å². The number of hydrogen-bond acceptors (Lipinski definition) is 4. The van der Waals surface area contributed by atoms with Gasteiger partial charge in [-0.1, -0.05) is 0 Å². The van der Waals surface area contributed by atoms with Gasteiger partial charge in [0.15, 0.2) is 0 Å². The van der Waals surface area contributed by atoms with Crippen molar-refractivity contribution >= 4 is 11.3 Å². The number of aliphatic hydroxyl groups excluding tert-OH is 1. The van der Waals surface area contributed by atoms with E-state index < -0.39 is 6.10 Å². The topological polar surface area (TPSA) is 47.3 Å². The van der Waals surface area contributed by atoms with E-state index in [1.165, 1.54) is 4.88 Å². The Kier molecular flexibility index (Phi) is 3.22. The number of hydrogen-bond donors (Lipinski definition) is 1. The summed E-state index contributed by atoms with van der Waals surface area (Å²) in [6, 6.07) is 3.94.